The number of carbonyl (C=O) groups is 1. The van der Waals surface area contributed by atoms with Crippen LogP contribution in [0.1, 0.15) is 32.1 Å². The molecule has 1 amide bonds. The molecule has 2 aliphatic heterocycles. The Morgan fingerprint density at radius 2 is 1.76 bits per heavy atom. The van der Waals surface area contributed by atoms with Crippen molar-refractivity contribution in [3.8, 4) is 0 Å². The summed E-state index contributed by atoms with van der Waals surface area (Å²) in [4.78, 5) is 15.5. The predicted octanol–water partition coefficient (Wildman–Crippen LogP) is 2.30. The highest BCUT2D eigenvalue weighted by Gasteiger charge is 2.52. The lowest BCUT2D eigenvalue weighted by atomic mass is 9.67. The molecule has 1 saturated carbocycles. The molecule has 8 heteroatoms. The Balaban J connectivity index is 1.47. The number of hydrogen-bond acceptors (Lipinski definition) is 5. The predicted molar refractivity (Wildman–Crippen MR) is 114 cm³/mol. The van der Waals surface area contributed by atoms with Crippen molar-refractivity contribution in [2.45, 2.75) is 32.1 Å². The normalized spacial score (nSPS) is 25.3. The molecule has 1 N–H and O–H groups in total. The molecule has 3 fully saturated rings. The molecule has 7 nitrogen and oxygen atoms in total. The molecule has 1 spiro atoms. The fraction of sp³-hybridized carbons (Fsp3) is 0.667. The summed E-state index contributed by atoms with van der Waals surface area (Å²) in [6.45, 7) is 3.98. The van der Waals surface area contributed by atoms with Gasteiger partial charge >= 0.3 is 0 Å². The lowest BCUT2D eigenvalue weighted by Gasteiger charge is -2.37. The summed E-state index contributed by atoms with van der Waals surface area (Å²) in [6.07, 6.45) is 6.39. The highest BCUT2D eigenvalue weighted by molar-refractivity contribution is 7.88. The second kappa shape index (κ2) is 8.24. The van der Waals surface area contributed by atoms with Crippen LogP contribution in [0, 0.1) is 11.3 Å². The fourth-order valence-corrected chi connectivity index (χ4v) is 6.02. The molecule has 1 unspecified atom stereocenters. The maximum absolute atomic E-state index is 13.2. The minimum atomic E-state index is -3.30. The van der Waals surface area contributed by atoms with Gasteiger partial charge in [-0.2, -0.15) is 0 Å². The number of nitrogens with one attached hydrogen (secondary N) is 1. The quantitative estimate of drug-likeness (QED) is 0.807. The molecule has 0 aromatic heterocycles. The van der Waals surface area contributed by atoms with E-state index in [2.05, 4.69) is 10.2 Å². The largest absolute Gasteiger partial charge is 0.378 e. The molecule has 2 heterocycles. The Hall–Kier alpha value is -1.64. The van der Waals surface area contributed by atoms with Crippen molar-refractivity contribution in [1.29, 1.82) is 0 Å². The van der Waals surface area contributed by atoms with E-state index in [1.165, 1.54) is 10.6 Å². The molecule has 2 saturated heterocycles. The number of sulfonamides is 1. The Kier molecular flexibility index (Phi) is 5.86. The maximum Gasteiger partial charge on any atom is 0.229 e. The first-order chi connectivity index (χ1) is 13.9. The van der Waals surface area contributed by atoms with Gasteiger partial charge in [-0.05, 0) is 42.5 Å². The highest BCUT2D eigenvalue weighted by atomic mass is 32.2. The van der Waals surface area contributed by atoms with Crippen molar-refractivity contribution in [2.75, 3.05) is 55.9 Å². The summed E-state index contributed by atoms with van der Waals surface area (Å²) < 4.78 is 31.2. The van der Waals surface area contributed by atoms with Crippen molar-refractivity contribution in [3.63, 3.8) is 0 Å². The molecule has 3 aliphatic rings. The van der Waals surface area contributed by atoms with E-state index in [1.807, 2.05) is 24.3 Å². The van der Waals surface area contributed by atoms with E-state index in [-0.39, 0.29) is 23.8 Å². The SMILES string of the molecule is CS(=O)(=O)N1CC(C(=O)Nc2ccc(N3CCOCC3)cc2)C2(CCCCC2)C1. The summed E-state index contributed by atoms with van der Waals surface area (Å²) in [6, 6.07) is 7.91. The number of hydrogen-bond donors (Lipinski definition) is 1. The smallest absolute Gasteiger partial charge is 0.229 e. The second-order valence-corrected chi connectivity index (χ2v) is 10.6. The Morgan fingerprint density at radius 1 is 1.10 bits per heavy atom. The van der Waals surface area contributed by atoms with Gasteiger partial charge in [0.25, 0.3) is 0 Å². The molecular weight excluding hydrogens is 390 g/mol. The fourth-order valence-electron chi connectivity index (χ4n) is 5.11. The summed E-state index contributed by atoms with van der Waals surface area (Å²) in [5.74, 6) is -0.353. The van der Waals surface area contributed by atoms with E-state index in [9.17, 15) is 13.2 Å². The molecule has 0 radical (unpaired) electrons. The highest BCUT2D eigenvalue weighted by Crippen LogP contribution is 2.48. The molecule has 1 aromatic rings. The zero-order valence-electron chi connectivity index (χ0n) is 17.1. The van der Waals surface area contributed by atoms with Gasteiger partial charge in [-0.3, -0.25) is 4.79 Å². The van der Waals surface area contributed by atoms with Gasteiger partial charge in [0.05, 0.1) is 25.4 Å². The van der Waals surface area contributed by atoms with E-state index < -0.39 is 10.0 Å². The van der Waals surface area contributed by atoms with Crippen molar-refractivity contribution in [2.24, 2.45) is 11.3 Å². The third-order valence-corrected chi connectivity index (χ3v) is 7.98. The lowest BCUT2D eigenvalue weighted by molar-refractivity contribution is -0.123. The first-order valence-electron chi connectivity index (χ1n) is 10.6. The average molecular weight is 422 g/mol. The van der Waals surface area contributed by atoms with E-state index in [1.54, 1.807) is 0 Å². The Morgan fingerprint density at radius 3 is 2.38 bits per heavy atom. The van der Waals surface area contributed by atoms with Crippen molar-refractivity contribution >= 4 is 27.3 Å². The first-order valence-corrected chi connectivity index (χ1v) is 12.4. The van der Waals surface area contributed by atoms with Crippen molar-refractivity contribution < 1.29 is 17.9 Å². The van der Waals surface area contributed by atoms with Crippen LogP contribution in [0.25, 0.3) is 0 Å². The zero-order chi connectivity index (χ0) is 20.5. The lowest BCUT2D eigenvalue weighted by Crippen LogP contribution is -2.39. The van der Waals surface area contributed by atoms with E-state index in [4.69, 9.17) is 4.74 Å². The van der Waals surface area contributed by atoms with Gasteiger partial charge in [0.1, 0.15) is 0 Å². The van der Waals surface area contributed by atoms with E-state index in [0.29, 0.717) is 6.54 Å². The van der Waals surface area contributed by atoms with Crippen LogP contribution < -0.4 is 10.2 Å². The third kappa shape index (κ3) is 4.44. The number of benzene rings is 1. The van der Waals surface area contributed by atoms with E-state index >= 15 is 0 Å². The number of rotatable bonds is 4. The van der Waals surface area contributed by atoms with Crippen LogP contribution in [0.4, 0.5) is 11.4 Å². The van der Waals surface area contributed by atoms with Crippen LogP contribution >= 0.6 is 0 Å². The monoisotopic (exact) mass is 421 g/mol. The van der Waals surface area contributed by atoms with Crippen LogP contribution in [0.5, 0.6) is 0 Å². The molecule has 4 rings (SSSR count). The third-order valence-electron chi connectivity index (χ3n) is 6.76. The zero-order valence-corrected chi connectivity index (χ0v) is 17.9. The molecule has 1 aromatic carbocycles. The van der Waals surface area contributed by atoms with E-state index in [0.717, 1.165) is 69.8 Å². The number of ether oxygens (including phenoxy) is 1. The summed E-state index contributed by atoms with van der Waals surface area (Å²) in [7, 11) is -3.30. The summed E-state index contributed by atoms with van der Waals surface area (Å²) in [5.41, 5.74) is 1.66. The minimum absolute atomic E-state index is 0.0582. The molecule has 0 bridgehead atoms. The Bertz CT molecular complexity index is 828. The van der Waals surface area contributed by atoms with Gasteiger partial charge < -0.3 is 15.0 Å². The van der Waals surface area contributed by atoms with Gasteiger partial charge in [0.15, 0.2) is 0 Å². The maximum atomic E-state index is 13.2. The number of amides is 1. The molecule has 29 heavy (non-hydrogen) atoms. The number of morpholine rings is 1. The van der Waals surface area contributed by atoms with Crippen molar-refractivity contribution in [3.05, 3.63) is 24.3 Å². The number of anilines is 2. The average Bonchev–Trinajstić information content (AvgIpc) is 3.09. The Labute approximate surface area is 173 Å². The van der Waals surface area contributed by atoms with Gasteiger partial charge in [-0.1, -0.05) is 19.3 Å². The molecule has 1 atom stereocenters. The topological polar surface area (TPSA) is 79.0 Å². The van der Waals surface area contributed by atoms with Crippen molar-refractivity contribution in [1.82, 2.24) is 4.31 Å². The molecular formula is C21H31N3O4S. The van der Waals surface area contributed by atoms with Crippen LogP contribution in [0.2, 0.25) is 0 Å². The molecule has 160 valence electrons. The summed E-state index contributed by atoms with van der Waals surface area (Å²) in [5, 5.41) is 3.05. The summed E-state index contributed by atoms with van der Waals surface area (Å²) >= 11 is 0. The number of nitrogens with zero attached hydrogens (tertiary/aromatic N) is 2. The molecule has 1 aliphatic carbocycles. The minimum Gasteiger partial charge on any atom is -0.378 e. The van der Waals surface area contributed by atoms with Gasteiger partial charge in [-0.15, -0.1) is 0 Å². The van der Waals surface area contributed by atoms with Crippen LogP contribution in [-0.2, 0) is 19.6 Å². The van der Waals surface area contributed by atoms with Gasteiger partial charge in [-0.25, -0.2) is 12.7 Å². The number of carbonyl (C=O) groups excluding carboxylic acids is 1. The van der Waals surface area contributed by atoms with Crippen LogP contribution in [0.15, 0.2) is 24.3 Å². The van der Waals surface area contributed by atoms with Gasteiger partial charge in [0.2, 0.25) is 15.9 Å². The first kappa shape index (κ1) is 20.6. The second-order valence-electron chi connectivity index (χ2n) is 8.67. The van der Waals surface area contributed by atoms with Crippen LogP contribution in [-0.4, -0.2) is 64.3 Å². The van der Waals surface area contributed by atoms with Crippen LogP contribution in [0.3, 0.4) is 0 Å². The van der Waals surface area contributed by atoms with Gasteiger partial charge in [0, 0.05) is 37.6 Å². The standard InChI is InChI=1S/C21H31N3O4S/c1-29(26,27)24-15-19(21(16-24)9-3-2-4-10-21)20(25)22-17-5-7-18(8-6-17)23-11-13-28-14-12-23/h5-8,19H,2-4,9-16H2,1H3,(H,22,25).